The SMILES string of the molecule is COC(=O)c1cccc(S(=O)(=O)N2c3ccc(C(=O)N4CCOCC4)c(=O)n3[C@H](c3ccc(Cl)cc3)[C@@H]2c2ccc(Cl)cc2)c1. The van der Waals surface area contributed by atoms with E-state index in [-0.39, 0.29) is 21.8 Å². The van der Waals surface area contributed by atoms with E-state index in [0.29, 0.717) is 47.5 Å². The molecule has 0 spiro atoms. The molecule has 45 heavy (non-hydrogen) atoms. The van der Waals surface area contributed by atoms with Gasteiger partial charge >= 0.3 is 5.97 Å². The highest BCUT2D eigenvalue weighted by atomic mass is 35.5. The number of nitrogens with zero attached hydrogens (tertiary/aromatic N) is 3. The largest absolute Gasteiger partial charge is 0.465 e. The van der Waals surface area contributed by atoms with Gasteiger partial charge in [0.25, 0.3) is 21.5 Å². The fraction of sp³-hybridized carbons (Fsp3) is 0.219. The summed E-state index contributed by atoms with van der Waals surface area (Å²) in [6, 6.07) is 19.8. The van der Waals surface area contributed by atoms with Crippen molar-refractivity contribution in [1.29, 1.82) is 0 Å². The molecule has 2 aliphatic heterocycles. The Morgan fingerprint density at radius 2 is 1.44 bits per heavy atom. The molecule has 6 rings (SSSR count). The Labute approximate surface area is 269 Å². The summed E-state index contributed by atoms with van der Waals surface area (Å²) in [6.07, 6.45) is 0. The molecule has 232 valence electrons. The van der Waals surface area contributed by atoms with E-state index in [2.05, 4.69) is 0 Å². The number of ether oxygens (including phenoxy) is 2. The minimum Gasteiger partial charge on any atom is -0.465 e. The van der Waals surface area contributed by atoms with Crippen molar-refractivity contribution in [2.24, 2.45) is 0 Å². The van der Waals surface area contributed by atoms with E-state index in [1.54, 1.807) is 53.4 Å². The first-order chi connectivity index (χ1) is 21.6. The molecule has 1 amide bonds. The summed E-state index contributed by atoms with van der Waals surface area (Å²) in [7, 11) is -3.24. The van der Waals surface area contributed by atoms with Gasteiger partial charge in [-0.25, -0.2) is 17.5 Å². The predicted molar refractivity (Wildman–Crippen MR) is 169 cm³/mol. The number of fused-ring (bicyclic) bond motifs is 1. The smallest absolute Gasteiger partial charge is 0.337 e. The zero-order valence-corrected chi connectivity index (χ0v) is 26.3. The number of rotatable bonds is 6. The van der Waals surface area contributed by atoms with Crippen LogP contribution in [0.1, 0.15) is 43.9 Å². The number of aromatic nitrogens is 1. The van der Waals surface area contributed by atoms with E-state index >= 15 is 0 Å². The number of morpholine rings is 1. The van der Waals surface area contributed by atoms with E-state index in [1.165, 1.54) is 48.1 Å². The molecule has 13 heteroatoms. The van der Waals surface area contributed by atoms with Crippen molar-refractivity contribution in [1.82, 2.24) is 9.47 Å². The van der Waals surface area contributed by atoms with Crippen LogP contribution in [0.5, 0.6) is 0 Å². The zero-order chi connectivity index (χ0) is 31.9. The van der Waals surface area contributed by atoms with Crippen LogP contribution in [0.4, 0.5) is 5.82 Å². The third kappa shape index (κ3) is 5.61. The lowest BCUT2D eigenvalue weighted by Gasteiger charge is -2.29. The van der Waals surface area contributed by atoms with Gasteiger partial charge in [-0.15, -0.1) is 0 Å². The highest BCUT2D eigenvalue weighted by Gasteiger charge is 2.48. The molecule has 2 aliphatic rings. The number of methoxy groups -OCH3 is 1. The number of carbonyl (C=O) groups excluding carboxylic acids is 2. The number of sulfonamides is 1. The Morgan fingerprint density at radius 1 is 0.844 bits per heavy atom. The summed E-state index contributed by atoms with van der Waals surface area (Å²) in [6.45, 7) is 1.34. The van der Waals surface area contributed by atoms with Crippen LogP contribution in [0.15, 0.2) is 94.6 Å². The highest BCUT2D eigenvalue weighted by Crippen LogP contribution is 2.49. The number of amides is 1. The van der Waals surface area contributed by atoms with Crippen LogP contribution in [-0.4, -0.2) is 63.2 Å². The molecule has 2 atom stereocenters. The van der Waals surface area contributed by atoms with Crippen molar-refractivity contribution in [3.05, 3.63) is 128 Å². The number of anilines is 1. The normalized spacial score (nSPS) is 18.0. The Hall–Kier alpha value is -4.16. The third-order valence-corrected chi connectivity index (χ3v) is 10.2. The van der Waals surface area contributed by atoms with Gasteiger partial charge in [0, 0.05) is 23.1 Å². The van der Waals surface area contributed by atoms with Gasteiger partial charge in [0.05, 0.1) is 42.9 Å². The van der Waals surface area contributed by atoms with Crippen LogP contribution in [0.3, 0.4) is 0 Å². The van der Waals surface area contributed by atoms with Crippen molar-refractivity contribution in [2.45, 2.75) is 17.0 Å². The third-order valence-electron chi connectivity index (χ3n) is 7.91. The topological polar surface area (TPSA) is 115 Å². The summed E-state index contributed by atoms with van der Waals surface area (Å²) >= 11 is 12.4. The second-order valence-electron chi connectivity index (χ2n) is 10.5. The molecule has 0 saturated carbocycles. The highest BCUT2D eigenvalue weighted by molar-refractivity contribution is 7.92. The van der Waals surface area contributed by atoms with Crippen LogP contribution in [0.25, 0.3) is 0 Å². The van der Waals surface area contributed by atoms with E-state index in [0.717, 1.165) is 4.31 Å². The molecule has 0 radical (unpaired) electrons. The summed E-state index contributed by atoms with van der Waals surface area (Å²) < 4.78 is 42.0. The van der Waals surface area contributed by atoms with Crippen molar-refractivity contribution in [2.75, 3.05) is 37.7 Å². The number of hydrogen-bond acceptors (Lipinski definition) is 7. The van der Waals surface area contributed by atoms with Crippen molar-refractivity contribution in [3.63, 3.8) is 0 Å². The summed E-state index contributed by atoms with van der Waals surface area (Å²) in [4.78, 5) is 41.6. The number of carbonyl (C=O) groups is 2. The Bertz CT molecular complexity index is 1940. The Kier molecular flexibility index (Phi) is 8.45. The minimum atomic E-state index is -4.45. The van der Waals surface area contributed by atoms with Gasteiger partial charge in [-0.05, 0) is 65.7 Å². The van der Waals surface area contributed by atoms with Crippen molar-refractivity contribution in [3.8, 4) is 0 Å². The number of benzene rings is 3. The maximum Gasteiger partial charge on any atom is 0.337 e. The number of halogens is 2. The quantitative estimate of drug-likeness (QED) is 0.267. The van der Waals surface area contributed by atoms with Crippen LogP contribution >= 0.6 is 23.2 Å². The lowest BCUT2D eigenvalue weighted by molar-refractivity contribution is 0.0301. The van der Waals surface area contributed by atoms with Gasteiger partial charge < -0.3 is 14.4 Å². The zero-order valence-electron chi connectivity index (χ0n) is 23.9. The monoisotopic (exact) mass is 667 g/mol. The minimum absolute atomic E-state index is 0.0407. The van der Waals surface area contributed by atoms with Crippen LogP contribution < -0.4 is 9.86 Å². The van der Waals surface area contributed by atoms with Crippen molar-refractivity contribution < 1.29 is 27.5 Å². The molecule has 0 aliphatic carbocycles. The summed E-state index contributed by atoms with van der Waals surface area (Å²) in [5, 5.41) is 0.890. The van der Waals surface area contributed by atoms with E-state index in [4.69, 9.17) is 32.7 Å². The van der Waals surface area contributed by atoms with Gasteiger partial charge in [0.15, 0.2) is 0 Å². The first-order valence-corrected chi connectivity index (χ1v) is 16.2. The average molecular weight is 669 g/mol. The van der Waals surface area contributed by atoms with Crippen LogP contribution in [-0.2, 0) is 19.5 Å². The van der Waals surface area contributed by atoms with E-state index < -0.39 is 39.5 Å². The molecule has 3 heterocycles. The number of esters is 1. The fourth-order valence-corrected chi connectivity index (χ4v) is 7.70. The van der Waals surface area contributed by atoms with Crippen LogP contribution in [0, 0.1) is 0 Å². The molecule has 0 N–H and O–H groups in total. The molecule has 10 nitrogen and oxygen atoms in total. The van der Waals surface area contributed by atoms with E-state index in [9.17, 15) is 22.8 Å². The standard InChI is InChI=1S/C32H27Cl2N3O7S/c1-43-32(40)22-3-2-4-25(19-22)45(41,42)37-27-14-13-26(30(38)35-15-17-44-18-16-35)31(39)36(27)28(20-5-9-23(33)10-6-20)29(37)21-7-11-24(34)12-8-21/h2-14,19,28-29H,15-18H2,1H3/t28-,29+/m1/s1. The van der Waals surface area contributed by atoms with E-state index in [1.807, 2.05) is 0 Å². The van der Waals surface area contributed by atoms with Gasteiger partial charge in [-0.2, -0.15) is 0 Å². The molecule has 3 aromatic carbocycles. The molecule has 4 aromatic rings. The predicted octanol–water partition coefficient (Wildman–Crippen LogP) is 4.95. The van der Waals surface area contributed by atoms with Crippen LogP contribution in [0.2, 0.25) is 10.0 Å². The molecule has 1 aromatic heterocycles. The van der Waals surface area contributed by atoms with Gasteiger partial charge in [-0.1, -0.05) is 53.5 Å². The summed E-state index contributed by atoms with van der Waals surface area (Å²) in [5.41, 5.74) is 0.417. The molecular formula is C32H27Cl2N3O7S. The molecule has 0 bridgehead atoms. The van der Waals surface area contributed by atoms with Crippen molar-refractivity contribution >= 4 is 50.9 Å². The second-order valence-corrected chi connectivity index (χ2v) is 13.2. The lowest BCUT2D eigenvalue weighted by Crippen LogP contribution is -2.43. The van der Waals surface area contributed by atoms with Gasteiger partial charge in [0.1, 0.15) is 11.4 Å². The number of pyridine rings is 1. The molecule has 0 unspecified atom stereocenters. The summed E-state index contributed by atoms with van der Waals surface area (Å²) in [5.74, 6) is -1.13. The number of hydrogen-bond donors (Lipinski definition) is 0. The second kappa shape index (κ2) is 12.3. The average Bonchev–Trinajstić information content (AvgIpc) is 3.42. The maximum atomic E-state index is 14.6. The molecule has 1 fully saturated rings. The first kappa shape index (κ1) is 30.8. The Balaban J connectivity index is 1.61. The molecule has 1 saturated heterocycles. The first-order valence-electron chi connectivity index (χ1n) is 14.0. The Morgan fingerprint density at radius 3 is 2.04 bits per heavy atom. The lowest BCUT2D eigenvalue weighted by atomic mass is 9.94. The van der Waals surface area contributed by atoms with Gasteiger partial charge in [0.2, 0.25) is 0 Å². The fourth-order valence-electron chi connectivity index (χ4n) is 5.76. The molecular weight excluding hydrogens is 641 g/mol. The maximum absolute atomic E-state index is 14.6. The van der Waals surface area contributed by atoms with Gasteiger partial charge in [-0.3, -0.25) is 14.2 Å².